The lowest BCUT2D eigenvalue weighted by molar-refractivity contribution is 0.0141. The molecule has 0 saturated carbocycles. The molecule has 0 aromatic heterocycles. The lowest BCUT2D eigenvalue weighted by Crippen LogP contribution is -2.32. The summed E-state index contributed by atoms with van der Waals surface area (Å²) in [6.45, 7) is 1.03. The summed E-state index contributed by atoms with van der Waals surface area (Å²) in [5.74, 6) is 0. The van der Waals surface area contributed by atoms with Crippen molar-refractivity contribution in [2.24, 2.45) is 4.36 Å². The standard InChI is InChI=1S/C9H9BrClNO2S/c10-7-1-3-9(4-2-7)15(11,13)12-8-5-14-6-8/h1-4,8H,5-6H2. The minimum Gasteiger partial charge on any atom is -0.377 e. The van der Waals surface area contributed by atoms with Gasteiger partial charge in [0.2, 0.25) is 0 Å². The highest BCUT2D eigenvalue weighted by Gasteiger charge is 2.20. The van der Waals surface area contributed by atoms with E-state index in [0.29, 0.717) is 18.1 Å². The van der Waals surface area contributed by atoms with E-state index in [0.717, 1.165) is 4.47 Å². The molecule has 1 atom stereocenters. The largest absolute Gasteiger partial charge is 0.377 e. The topological polar surface area (TPSA) is 38.7 Å². The van der Waals surface area contributed by atoms with Crippen molar-refractivity contribution in [3.8, 4) is 0 Å². The molecular weight excluding hydrogens is 302 g/mol. The zero-order chi connectivity index (χ0) is 10.9. The number of nitrogens with zero attached hydrogens (tertiary/aromatic N) is 1. The molecule has 3 nitrogen and oxygen atoms in total. The van der Waals surface area contributed by atoms with E-state index in [1.54, 1.807) is 24.3 Å². The fourth-order valence-corrected chi connectivity index (χ4v) is 3.15. The second-order valence-corrected chi connectivity index (χ2v) is 6.98. The molecule has 1 saturated heterocycles. The van der Waals surface area contributed by atoms with E-state index < -0.39 is 8.94 Å². The van der Waals surface area contributed by atoms with E-state index in [1.165, 1.54) is 0 Å². The Kier molecular flexibility index (Phi) is 3.35. The van der Waals surface area contributed by atoms with Crippen LogP contribution in [0.1, 0.15) is 0 Å². The van der Waals surface area contributed by atoms with Crippen LogP contribution in [0.5, 0.6) is 0 Å². The maximum Gasteiger partial charge on any atom is 0.159 e. The molecule has 15 heavy (non-hydrogen) atoms. The maximum absolute atomic E-state index is 12.0. The predicted molar refractivity (Wildman–Crippen MR) is 63.4 cm³/mol. The molecule has 82 valence electrons. The number of halogens is 2. The molecule has 1 unspecified atom stereocenters. The number of benzene rings is 1. The fraction of sp³-hybridized carbons (Fsp3) is 0.333. The first-order chi connectivity index (χ1) is 7.08. The Morgan fingerprint density at radius 2 is 2.00 bits per heavy atom. The lowest BCUT2D eigenvalue weighted by atomic mass is 10.3. The Morgan fingerprint density at radius 1 is 1.40 bits per heavy atom. The summed E-state index contributed by atoms with van der Waals surface area (Å²) in [4.78, 5) is 0.541. The van der Waals surface area contributed by atoms with E-state index in [9.17, 15) is 4.21 Å². The van der Waals surface area contributed by atoms with Crippen molar-refractivity contribution in [2.45, 2.75) is 10.9 Å². The van der Waals surface area contributed by atoms with Gasteiger partial charge in [-0.1, -0.05) is 15.9 Å². The molecule has 2 rings (SSSR count). The smallest absolute Gasteiger partial charge is 0.159 e. The predicted octanol–water partition coefficient (Wildman–Crippen LogP) is 2.83. The van der Waals surface area contributed by atoms with Gasteiger partial charge in [-0.15, -0.1) is 0 Å². The molecule has 1 heterocycles. The van der Waals surface area contributed by atoms with Crippen LogP contribution < -0.4 is 0 Å². The summed E-state index contributed by atoms with van der Waals surface area (Å²) >= 11 is 3.30. The third-order valence-electron chi connectivity index (χ3n) is 2.01. The van der Waals surface area contributed by atoms with Crippen molar-refractivity contribution in [3.63, 3.8) is 0 Å². The Balaban J connectivity index is 2.31. The number of hydrogen-bond acceptors (Lipinski definition) is 3. The number of hydrogen-bond donors (Lipinski definition) is 0. The van der Waals surface area contributed by atoms with Gasteiger partial charge in [-0.25, -0.2) is 8.57 Å². The second-order valence-electron chi connectivity index (χ2n) is 3.21. The van der Waals surface area contributed by atoms with Crippen LogP contribution in [-0.2, 0) is 13.7 Å². The van der Waals surface area contributed by atoms with Gasteiger partial charge in [-0.05, 0) is 24.3 Å². The third-order valence-corrected chi connectivity index (χ3v) is 4.73. The van der Waals surface area contributed by atoms with E-state index >= 15 is 0 Å². The van der Waals surface area contributed by atoms with Gasteiger partial charge in [-0.3, -0.25) is 0 Å². The highest BCUT2D eigenvalue weighted by Crippen LogP contribution is 2.23. The minimum absolute atomic E-state index is 0.0290. The monoisotopic (exact) mass is 309 g/mol. The average molecular weight is 311 g/mol. The fourth-order valence-electron chi connectivity index (χ4n) is 1.14. The molecule has 0 radical (unpaired) electrons. The van der Waals surface area contributed by atoms with Gasteiger partial charge in [0.25, 0.3) is 0 Å². The molecule has 1 fully saturated rings. The molecule has 1 aromatic carbocycles. The molecule has 0 amide bonds. The number of rotatable bonds is 2. The van der Waals surface area contributed by atoms with Crippen molar-refractivity contribution in [2.75, 3.05) is 13.2 Å². The third kappa shape index (κ3) is 2.72. The van der Waals surface area contributed by atoms with Crippen molar-refractivity contribution in [1.82, 2.24) is 0 Å². The van der Waals surface area contributed by atoms with Gasteiger partial charge in [0, 0.05) is 15.2 Å². The van der Waals surface area contributed by atoms with Gasteiger partial charge < -0.3 is 4.74 Å². The van der Waals surface area contributed by atoms with Gasteiger partial charge in [0.05, 0.1) is 18.1 Å². The molecule has 6 heteroatoms. The van der Waals surface area contributed by atoms with Gasteiger partial charge >= 0.3 is 0 Å². The van der Waals surface area contributed by atoms with E-state index in [-0.39, 0.29) is 6.04 Å². The second kappa shape index (κ2) is 4.41. The van der Waals surface area contributed by atoms with Crippen LogP contribution in [-0.4, -0.2) is 23.5 Å². The molecule has 0 spiro atoms. The molecule has 1 aliphatic rings. The van der Waals surface area contributed by atoms with Crippen molar-refractivity contribution in [3.05, 3.63) is 28.7 Å². The first kappa shape index (κ1) is 11.4. The van der Waals surface area contributed by atoms with Crippen LogP contribution in [0.4, 0.5) is 0 Å². The van der Waals surface area contributed by atoms with Crippen molar-refractivity contribution < 1.29 is 8.95 Å². The van der Waals surface area contributed by atoms with E-state index in [2.05, 4.69) is 20.3 Å². The van der Waals surface area contributed by atoms with Crippen molar-refractivity contribution >= 4 is 35.6 Å². The van der Waals surface area contributed by atoms with Crippen LogP contribution >= 0.6 is 26.6 Å². The van der Waals surface area contributed by atoms with Crippen LogP contribution in [0.3, 0.4) is 0 Å². The summed E-state index contributed by atoms with van der Waals surface area (Å²) in [6.07, 6.45) is 0. The molecule has 1 aliphatic heterocycles. The molecular formula is C9H9BrClNO2S. The Bertz CT molecular complexity index is 464. The molecule has 0 aliphatic carbocycles. The van der Waals surface area contributed by atoms with E-state index in [4.69, 9.17) is 15.4 Å². The normalized spacial score (nSPS) is 20.4. The first-order valence-corrected chi connectivity index (χ1v) is 7.50. The summed E-state index contributed by atoms with van der Waals surface area (Å²) in [5, 5.41) is 0. The molecule has 1 aromatic rings. The summed E-state index contributed by atoms with van der Waals surface area (Å²) in [7, 11) is 3.12. The molecule has 0 bridgehead atoms. The van der Waals surface area contributed by atoms with Crippen molar-refractivity contribution in [1.29, 1.82) is 0 Å². The molecule has 0 N–H and O–H groups in total. The van der Waals surface area contributed by atoms with Crippen LogP contribution in [0.25, 0.3) is 0 Å². The SMILES string of the molecule is O=S(Cl)(=NC1COC1)c1ccc(Br)cc1. The minimum atomic E-state index is -2.79. The van der Waals surface area contributed by atoms with E-state index in [1.807, 2.05) is 0 Å². The lowest BCUT2D eigenvalue weighted by Gasteiger charge is -2.22. The first-order valence-electron chi connectivity index (χ1n) is 4.37. The van der Waals surface area contributed by atoms with Crippen LogP contribution in [0.2, 0.25) is 0 Å². The summed E-state index contributed by atoms with van der Waals surface area (Å²) < 4.78 is 22.0. The van der Waals surface area contributed by atoms with Gasteiger partial charge in [0.1, 0.15) is 6.04 Å². The Labute approximate surface area is 102 Å². The average Bonchev–Trinajstić information content (AvgIpc) is 2.13. The highest BCUT2D eigenvalue weighted by molar-refractivity contribution is 9.10. The quantitative estimate of drug-likeness (QED) is 0.788. The Morgan fingerprint density at radius 3 is 2.47 bits per heavy atom. The summed E-state index contributed by atoms with van der Waals surface area (Å²) in [5.41, 5.74) is 0. The van der Waals surface area contributed by atoms with Crippen LogP contribution in [0.15, 0.2) is 38.0 Å². The number of ether oxygens (including phenoxy) is 1. The summed E-state index contributed by atoms with van der Waals surface area (Å²) in [6, 6.07) is 6.98. The van der Waals surface area contributed by atoms with Crippen LogP contribution in [0, 0.1) is 0 Å². The highest BCUT2D eigenvalue weighted by atomic mass is 79.9. The Hall–Kier alpha value is -0.100. The van der Waals surface area contributed by atoms with Gasteiger partial charge in [-0.2, -0.15) is 0 Å². The zero-order valence-electron chi connectivity index (χ0n) is 7.73. The zero-order valence-corrected chi connectivity index (χ0v) is 10.9. The van der Waals surface area contributed by atoms with Gasteiger partial charge in [0.15, 0.2) is 8.94 Å². The maximum atomic E-state index is 12.0.